The lowest BCUT2D eigenvalue weighted by Gasteiger charge is -2.30. The van der Waals surface area contributed by atoms with Crippen LogP contribution < -0.4 is 25.0 Å². The maximum absolute atomic E-state index is 12.4. The highest BCUT2D eigenvalue weighted by Gasteiger charge is 2.22. The average molecular weight is 454 g/mol. The molecule has 0 saturated carbocycles. The maximum atomic E-state index is 12.4. The standard InChI is InChI=1S/C21H28ClN3O4S/c1-14(17-11-15(22)12-19(28-2)21(17)29-3)24-18-13-16(25-9-7-23-8-10-25)5-6-20(18)30(4,26)27/h5-6,11-14,23-24H,7-10H2,1-4H3/t14-/m1/s1. The Kier molecular flexibility index (Phi) is 7.00. The Morgan fingerprint density at radius 3 is 2.43 bits per heavy atom. The number of sulfone groups is 1. The predicted octanol–water partition coefficient (Wildman–Crippen LogP) is 3.34. The third-order valence-electron chi connectivity index (χ3n) is 5.16. The molecule has 164 valence electrons. The fraction of sp³-hybridized carbons (Fsp3) is 0.429. The molecule has 0 spiro atoms. The molecule has 3 rings (SSSR count). The van der Waals surface area contributed by atoms with Crippen molar-refractivity contribution in [3.63, 3.8) is 0 Å². The minimum absolute atomic E-state index is 0.251. The second kappa shape index (κ2) is 9.32. The van der Waals surface area contributed by atoms with Crippen molar-refractivity contribution in [2.45, 2.75) is 17.9 Å². The van der Waals surface area contributed by atoms with Crippen molar-refractivity contribution in [3.8, 4) is 11.5 Å². The summed E-state index contributed by atoms with van der Waals surface area (Å²) in [6.07, 6.45) is 1.21. The van der Waals surface area contributed by atoms with Gasteiger partial charge in [-0.3, -0.25) is 0 Å². The Balaban J connectivity index is 2.01. The Bertz CT molecular complexity index is 1010. The zero-order chi connectivity index (χ0) is 21.9. The van der Waals surface area contributed by atoms with Gasteiger partial charge in [0.05, 0.1) is 30.8 Å². The van der Waals surface area contributed by atoms with Gasteiger partial charge >= 0.3 is 0 Å². The summed E-state index contributed by atoms with van der Waals surface area (Å²) in [4.78, 5) is 2.49. The quantitative estimate of drug-likeness (QED) is 0.665. The number of halogens is 1. The first-order chi connectivity index (χ1) is 14.2. The summed E-state index contributed by atoms with van der Waals surface area (Å²) in [6, 6.07) is 8.61. The molecule has 1 fully saturated rings. The molecule has 1 heterocycles. The third kappa shape index (κ3) is 4.94. The molecule has 30 heavy (non-hydrogen) atoms. The summed E-state index contributed by atoms with van der Waals surface area (Å²) in [5.41, 5.74) is 2.30. The van der Waals surface area contributed by atoms with Crippen LogP contribution in [0, 0.1) is 0 Å². The number of ether oxygens (including phenoxy) is 2. The van der Waals surface area contributed by atoms with E-state index in [9.17, 15) is 8.42 Å². The number of nitrogens with one attached hydrogen (secondary N) is 2. The van der Waals surface area contributed by atoms with Crippen LogP contribution in [0.1, 0.15) is 18.5 Å². The van der Waals surface area contributed by atoms with Gasteiger partial charge in [0.1, 0.15) is 0 Å². The van der Waals surface area contributed by atoms with Gasteiger partial charge in [0.25, 0.3) is 0 Å². The highest BCUT2D eigenvalue weighted by atomic mass is 35.5. The second-order valence-corrected chi connectivity index (χ2v) is 9.71. The number of rotatable bonds is 7. The Hall–Kier alpha value is -2.16. The van der Waals surface area contributed by atoms with Crippen molar-refractivity contribution < 1.29 is 17.9 Å². The van der Waals surface area contributed by atoms with Crippen LogP contribution in [0.3, 0.4) is 0 Å². The molecule has 1 saturated heterocycles. The average Bonchev–Trinajstić information content (AvgIpc) is 2.72. The van der Waals surface area contributed by atoms with E-state index in [1.165, 1.54) is 6.26 Å². The first-order valence-corrected chi connectivity index (χ1v) is 12.0. The van der Waals surface area contributed by atoms with Crippen LogP contribution in [0.2, 0.25) is 5.02 Å². The highest BCUT2D eigenvalue weighted by Crippen LogP contribution is 2.39. The van der Waals surface area contributed by atoms with Crippen LogP contribution in [0.25, 0.3) is 0 Å². The van der Waals surface area contributed by atoms with E-state index in [4.69, 9.17) is 21.1 Å². The molecule has 0 bridgehead atoms. The normalized spacial score (nSPS) is 15.6. The van der Waals surface area contributed by atoms with Crippen LogP contribution in [0.5, 0.6) is 11.5 Å². The van der Waals surface area contributed by atoms with E-state index in [-0.39, 0.29) is 10.9 Å². The van der Waals surface area contributed by atoms with E-state index in [1.807, 2.05) is 19.1 Å². The lowest BCUT2D eigenvalue weighted by molar-refractivity contribution is 0.350. The molecule has 7 nitrogen and oxygen atoms in total. The summed E-state index contributed by atoms with van der Waals surface area (Å²) in [6.45, 7) is 5.45. The molecule has 0 aliphatic carbocycles. The Morgan fingerprint density at radius 2 is 1.83 bits per heavy atom. The van der Waals surface area contributed by atoms with Crippen LogP contribution >= 0.6 is 11.6 Å². The Morgan fingerprint density at radius 1 is 1.13 bits per heavy atom. The Labute approximate surface area is 183 Å². The lowest BCUT2D eigenvalue weighted by atomic mass is 10.1. The molecule has 1 atom stereocenters. The van der Waals surface area contributed by atoms with Crippen molar-refractivity contribution in [1.29, 1.82) is 0 Å². The molecule has 9 heteroatoms. The third-order valence-corrected chi connectivity index (χ3v) is 6.53. The van der Waals surface area contributed by atoms with Crippen LogP contribution in [-0.2, 0) is 9.84 Å². The van der Waals surface area contributed by atoms with Gasteiger partial charge in [0.15, 0.2) is 21.3 Å². The van der Waals surface area contributed by atoms with Gasteiger partial charge in [-0.15, -0.1) is 0 Å². The van der Waals surface area contributed by atoms with Crippen molar-refractivity contribution in [1.82, 2.24) is 5.32 Å². The molecule has 2 aromatic carbocycles. The minimum atomic E-state index is -3.42. The summed E-state index contributed by atoms with van der Waals surface area (Å²) >= 11 is 6.26. The lowest BCUT2D eigenvalue weighted by Crippen LogP contribution is -2.43. The molecular formula is C21H28ClN3O4S. The maximum Gasteiger partial charge on any atom is 0.177 e. The number of hydrogen-bond acceptors (Lipinski definition) is 7. The minimum Gasteiger partial charge on any atom is -0.493 e. The van der Waals surface area contributed by atoms with Crippen molar-refractivity contribution in [2.75, 3.05) is 56.9 Å². The first-order valence-electron chi connectivity index (χ1n) is 9.72. The van der Waals surface area contributed by atoms with Gasteiger partial charge in [-0.05, 0) is 31.2 Å². The number of nitrogens with zero attached hydrogens (tertiary/aromatic N) is 1. The van der Waals surface area contributed by atoms with E-state index >= 15 is 0 Å². The molecule has 0 unspecified atom stereocenters. The zero-order valence-electron chi connectivity index (χ0n) is 17.7. The zero-order valence-corrected chi connectivity index (χ0v) is 19.2. The number of anilines is 2. The van der Waals surface area contributed by atoms with Gasteiger partial charge in [-0.2, -0.15) is 0 Å². The van der Waals surface area contributed by atoms with E-state index in [0.717, 1.165) is 37.4 Å². The highest BCUT2D eigenvalue weighted by molar-refractivity contribution is 7.90. The van der Waals surface area contributed by atoms with Crippen LogP contribution in [0.4, 0.5) is 11.4 Å². The molecule has 2 N–H and O–H groups in total. The molecule has 0 amide bonds. The van der Waals surface area contributed by atoms with Crippen LogP contribution in [-0.4, -0.2) is 55.1 Å². The molecular weight excluding hydrogens is 426 g/mol. The van der Waals surface area contributed by atoms with Crippen molar-refractivity contribution >= 4 is 32.8 Å². The van der Waals surface area contributed by atoms with E-state index < -0.39 is 9.84 Å². The number of methoxy groups -OCH3 is 2. The number of hydrogen-bond donors (Lipinski definition) is 2. The fourth-order valence-corrected chi connectivity index (χ4v) is 4.71. The van der Waals surface area contributed by atoms with Gasteiger partial charge in [-0.25, -0.2) is 8.42 Å². The summed E-state index contributed by atoms with van der Waals surface area (Å²) in [7, 11) is -0.306. The number of piperazine rings is 1. The summed E-state index contributed by atoms with van der Waals surface area (Å²) in [5, 5.41) is 7.18. The SMILES string of the molecule is COc1cc(Cl)cc([C@@H](C)Nc2cc(N3CCNCC3)ccc2S(C)(=O)=O)c1OC. The largest absolute Gasteiger partial charge is 0.493 e. The monoisotopic (exact) mass is 453 g/mol. The molecule has 0 radical (unpaired) electrons. The van der Waals surface area contributed by atoms with Crippen LogP contribution in [0.15, 0.2) is 35.2 Å². The van der Waals surface area contributed by atoms with E-state index in [2.05, 4.69) is 15.5 Å². The van der Waals surface area contributed by atoms with Gasteiger partial charge < -0.3 is 25.0 Å². The van der Waals surface area contributed by atoms with Crippen molar-refractivity contribution in [3.05, 3.63) is 40.9 Å². The molecule has 0 aromatic heterocycles. The topological polar surface area (TPSA) is 79.9 Å². The fourth-order valence-electron chi connectivity index (χ4n) is 3.67. The molecule has 2 aromatic rings. The predicted molar refractivity (Wildman–Crippen MR) is 121 cm³/mol. The number of benzene rings is 2. The first kappa shape index (κ1) is 22.5. The van der Waals surface area contributed by atoms with Gasteiger partial charge in [0.2, 0.25) is 0 Å². The van der Waals surface area contributed by atoms with E-state index in [1.54, 1.807) is 32.4 Å². The van der Waals surface area contributed by atoms with E-state index in [0.29, 0.717) is 22.2 Å². The molecule has 1 aliphatic heterocycles. The second-order valence-electron chi connectivity index (χ2n) is 7.29. The van der Waals surface area contributed by atoms with Gasteiger partial charge in [0, 0.05) is 54.8 Å². The van der Waals surface area contributed by atoms with Crippen molar-refractivity contribution in [2.24, 2.45) is 0 Å². The summed E-state index contributed by atoms with van der Waals surface area (Å²) in [5.74, 6) is 1.08. The van der Waals surface area contributed by atoms with Gasteiger partial charge in [-0.1, -0.05) is 11.6 Å². The molecule has 1 aliphatic rings. The summed E-state index contributed by atoms with van der Waals surface area (Å²) < 4.78 is 35.7. The smallest absolute Gasteiger partial charge is 0.177 e.